The minimum Gasteiger partial charge on any atom is -0.486 e. The first kappa shape index (κ1) is 29.5. The van der Waals surface area contributed by atoms with E-state index in [1.807, 2.05) is 0 Å². The molecule has 38 heavy (non-hydrogen) atoms. The number of ether oxygens (including phenoxy) is 6. The second-order valence-corrected chi connectivity index (χ2v) is 7.48. The fraction of sp³-hybridized carbons (Fsp3) is 0.200. The SMILES string of the molecule is C=CCOc1ccc(/C=C/C(=O)OC(C(=O)OC)c2ccc(OCC=C)c(OCC=C)c2)cc1OCC=C. The molecule has 0 bridgehead atoms. The highest BCUT2D eigenvalue weighted by atomic mass is 16.6. The lowest BCUT2D eigenvalue weighted by molar-refractivity contribution is -0.163. The molecule has 1 unspecified atom stereocenters. The summed E-state index contributed by atoms with van der Waals surface area (Å²) in [6.07, 6.45) is 7.78. The molecular weight excluding hydrogens is 488 g/mol. The van der Waals surface area contributed by atoms with Crippen molar-refractivity contribution in [3.63, 3.8) is 0 Å². The summed E-state index contributed by atoms with van der Waals surface area (Å²) in [5, 5.41) is 0. The average Bonchev–Trinajstić information content (AvgIpc) is 2.94. The van der Waals surface area contributed by atoms with E-state index in [1.165, 1.54) is 19.3 Å². The minimum absolute atomic E-state index is 0.204. The van der Waals surface area contributed by atoms with Gasteiger partial charge in [0.25, 0.3) is 0 Å². The van der Waals surface area contributed by atoms with Crippen molar-refractivity contribution in [3.8, 4) is 23.0 Å². The Labute approximate surface area is 223 Å². The molecule has 2 aromatic carbocycles. The summed E-state index contributed by atoms with van der Waals surface area (Å²) < 4.78 is 32.8. The van der Waals surface area contributed by atoms with Gasteiger partial charge >= 0.3 is 11.9 Å². The molecule has 0 aliphatic rings. The molecule has 8 heteroatoms. The van der Waals surface area contributed by atoms with Crippen LogP contribution in [0.15, 0.2) is 93.1 Å². The highest BCUT2D eigenvalue weighted by Gasteiger charge is 2.26. The van der Waals surface area contributed by atoms with Crippen molar-refractivity contribution in [2.45, 2.75) is 6.10 Å². The Kier molecular flexibility index (Phi) is 12.5. The van der Waals surface area contributed by atoms with Gasteiger partial charge in [-0.2, -0.15) is 0 Å². The monoisotopic (exact) mass is 520 g/mol. The lowest BCUT2D eigenvalue weighted by atomic mass is 10.1. The van der Waals surface area contributed by atoms with Crippen molar-refractivity contribution in [2.24, 2.45) is 0 Å². The maximum atomic E-state index is 12.7. The third-order valence-electron chi connectivity index (χ3n) is 4.73. The second kappa shape index (κ2) is 16.1. The molecule has 0 radical (unpaired) electrons. The molecule has 0 aliphatic carbocycles. The van der Waals surface area contributed by atoms with E-state index in [0.717, 1.165) is 0 Å². The van der Waals surface area contributed by atoms with E-state index in [0.29, 0.717) is 40.7 Å². The van der Waals surface area contributed by atoms with Crippen molar-refractivity contribution in [1.29, 1.82) is 0 Å². The van der Waals surface area contributed by atoms with E-state index in [4.69, 9.17) is 28.4 Å². The number of hydrogen-bond acceptors (Lipinski definition) is 8. The number of methoxy groups -OCH3 is 1. The Balaban J connectivity index is 2.26. The summed E-state index contributed by atoms with van der Waals surface area (Å²) in [6, 6.07) is 9.90. The molecule has 0 aliphatic heterocycles. The number of benzene rings is 2. The van der Waals surface area contributed by atoms with Gasteiger partial charge in [0.05, 0.1) is 7.11 Å². The lowest BCUT2D eigenvalue weighted by Gasteiger charge is -2.18. The Morgan fingerprint density at radius 3 is 1.76 bits per heavy atom. The maximum Gasteiger partial charge on any atom is 0.351 e. The van der Waals surface area contributed by atoms with Crippen molar-refractivity contribution in [2.75, 3.05) is 33.5 Å². The number of carbonyl (C=O) groups is 2. The van der Waals surface area contributed by atoms with Crippen molar-refractivity contribution in [1.82, 2.24) is 0 Å². The van der Waals surface area contributed by atoms with Gasteiger partial charge in [-0.05, 0) is 35.9 Å². The zero-order valence-electron chi connectivity index (χ0n) is 21.4. The van der Waals surface area contributed by atoms with Crippen LogP contribution < -0.4 is 18.9 Å². The Morgan fingerprint density at radius 1 is 0.737 bits per heavy atom. The summed E-state index contributed by atoms with van der Waals surface area (Å²) in [6.45, 7) is 15.6. The Hall–Kier alpha value is -4.72. The van der Waals surface area contributed by atoms with Crippen LogP contribution in [0.3, 0.4) is 0 Å². The first-order valence-electron chi connectivity index (χ1n) is 11.7. The summed E-state index contributed by atoms with van der Waals surface area (Å²) in [5.74, 6) is 0.245. The molecule has 8 nitrogen and oxygen atoms in total. The van der Waals surface area contributed by atoms with Crippen LogP contribution in [0.25, 0.3) is 6.08 Å². The quantitative estimate of drug-likeness (QED) is 0.155. The van der Waals surface area contributed by atoms with Gasteiger partial charge in [-0.3, -0.25) is 0 Å². The van der Waals surface area contributed by atoms with Gasteiger partial charge in [0, 0.05) is 11.6 Å². The van der Waals surface area contributed by atoms with Gasteiger partial charge < -0.3 is 28.4 Å². The van der Waals surface area contributed by atoms with Crippen LogP contribution in [0.1, 0.15) is 17.2 Å². The number of hydrogen-bond donors (Lipinski definition) is 0. The normalized spacial score (nSPS) is 11.1. The summed E-state index contributed by atoms with van der Waals surface area (Å²) in [4.78, 5) is 25.2. The molecule has 0 amide bonds. The standard InChI is InChI=1S/C30H32O8/c1-6-16-34-24-13-10-22(20-26(24)36-18-8-3)11-15-28(31)38-29(30(32)33-5)23-12-14-25(35-17-7-2)27(21-23)37-19-9-4/h6-15,20-21,29H,1-4,16-19H2,5H3/b15-11+. The summed E-state index contributed by atoms with van der Waals surface area (Å²) in [5.41, 5.74) is 0.984. The van der Waals surface area contributed by atoms with Crippen LogP contribution >= 0.6 is 0 Å². The average molecular weight is 521 g/mol. The summed E-state index contributed by atoms with van der Waals surface area (Å²) >= 11 is 0. The first-order valence-corrected chi connectivity index (χ1v) is 11.7. The number of rotatable bonds is 17. The second-order valence-electron chi connectivity index (χ2n) is 7.48. The molecule has 2 rings (SSSR count). The smallest absolute Gasteiger partial charge is 0.351 e. The highest BCUT2D eigenvalue weighted by molar-refractivity contribution is 5.90. The van der Waals surface area contributed by atoms with Crippen molar-refractivity contribution in [3.05, 3.63) is 104 Å². The van der Waals surface area contributed by atoms with Crippen molar-refractivity contribution >= 4 is 18.0 Å². The third kappa shape index (κ3) is 9.05. The van der Waals surface area contributed by atoms with E-state index in [2.05, 4.69) is 26.3 Å². The predicted octanol–water partition coefficient (Wildman–Crippen LogP) is 5.42. The van der Waals surface area contributed by atoms with E-state index in [-0.39, 0.29) is 19.8 Å². The zero-order valence-corrected chi connectivity index (χ0v) is 21.4. The molecule has 0 aromatic heterocycles. The van der Waals surface area contributed by atoms with Gasteiger partial charge in [0.2, 0.25) is 6.10 Å². The minimum atomic E-state index is -1.34. The molecule has 2 aromatic rings. The van der Waals surface area contributed by atoms with Crippen LogP contribution in [0, 0.1) is 0 Å². The largest absolute Gasteiger partial charge is 0.486 e. The third-order valence-corrected chi connectivity index (χ3v) is 4.73. The zero-order chi connectivity index (χ0) is 27.8. The van der Waals surface area contributed by atoms with Crippen LogP contribution in [0.5, 0.6) is 23.0 Å². The molecule has 0 heterocycles. The predicted molar refractivity (Wildman–Crippen MR) is 146 cm³/mol. The van der Waals surface area contributed by atoms with E-state index in [1.54, 1.807) is 60.7 Å². The molecule has 0 fully saturated rings. The molecule has 0 saturated carbocycles. The van der Waals surface area contributed by atoms with Gasteiger partial charge in [-0.15, -0.1) is 0 Å². The van der Waals surface area contributed by atoms with Gasteiger partial charge in [0.1, 0.15) is 26.4 Å². The molecule has 1 atom stereocenters. The van der Waals surface area contributed by atoms with Crippen LogP contribution in [-0.2, 0) is 19.1 Å². The van der Waals surface area contributed by atoms with Gasteiger partial charge in [-0.1, -0.05) is 62.8 Å². The molecule has 200 valence electrons. The summed E-state index contributed by atoms with van der Waals surface area (Å²) in [7, 11) is 1.20. The first-order chi connectivity index (χ1) is 18.5. The van der Waals surface area contributed by atoms with Crippen LogP contribution in [0.4, 0.5) is 0 Å². The maximum absolute atomic E-state index is 12.7. The van der Waals surface area contributed by atoms with Crippen LogP contribution in [0.2, 0.25) is 0 Å². The molecule has 0 spiro atoms. The molecular formula is C30H32O8. The lowest BCUT2D eigenvalue weighted by Crippen LogP contribution is -2.20. The van der Waals surface area contributed by atoms with E-state index < -0.39 is 18.0 Å². The van der Waals surface area contributed by atoms with E-state index >= 15 is 0 Å². The highest BCUT2D eigenvalue weighted by Crippen LogP contribution is 2.33. The molecule has 0 N–H and O–H groups in total. The Morgan fingerprint density at radius 2 is 1.24 bits per heavy atom. The fourth-order valence-corrected chi connectivity index (χ4v) is 3.05. The fourth-order valence-electron chi connectivity index (χ4n) is 3.05. The number of esters is 2. The molecule has 0 saturated heterocycles. The van der Waals surface area contributed by atoms with E-state index in [9.17, 15) is 9.59 Å². The van der Waals surface area contributed by atoms with Gasteiger partial charge in [0.15, 0.2) is 23.0 Å². The van der Waals surface area contributed by atoms with Crippen molar-refractivity contribution < 1.29 is 38.0 Å². The number of carbonyl (C=O) groups excluding carboxylic acids is 2. The Bertz CT molecular complexity index is 1160. The topological polar surface area (TPSA) is 89.5 Å². The van der Waals surface area contributed by atoms with Gasteiger partial charge in [-0.25, -0.2) is 9.59 Å². The van der Waals surface area contributed by atoms with Crippen LogP contribution in [-0.4, -0.2) is 45.5 Å².